The molecule has 0 aliphatic heterocycles. The number of nitrogens with two attached hydrogens (primary N) is 1. The molecule has 5 nitrogen and oxygen atoms in total. The minimum Gasteiger partial charge on any atom is -0.350 e. The third-order valence-corrected chi connectivity index (χ3v) is 4.73. The lowest BCUT2D eigenvalue weighted by molar-refractivity contribution is -0.118. The second kappa shape index (κ2) is 8.29. The molecule has 0 saturated heterocycles. The summed E-state index contributed by atoms with van der Waals surface area (Å²) in [7, 11) is 0. The summed E-state index contributed by atoms with van der Waals surface area (Å²) in [5, 5.41) is 5.77. The van der Waals surface area contributed by atoms with Crippen LogP contribution in [0.3, 0.4) is 0 Å². The fourth-order valence-electron chi connectivity index (χ4n) is 3.35. The van der Waals surface area contributed by atoms with Gasteiger partial charge in [0.2, 0.25) is 5.91 Å². The Bertz CT molecular complexity index is 560. The molecule has 0 unspecified atom stereocenters. The molecule has 1 aliphatic carbocycles. The molecule has 2 amide bonds. The number of benzene rings is 1. The summed E-state index contributed by atoms with van der Waals surface area (Å²) in [5.74, 6) is -0.103. The Balaban J connectivity index is 1.93. The van der Waals surface area contributed by atoms with Crippen molar-refractivity contribution >= 4 is 17.5 Å². The topological polar surface area (TPSA) is 84.2 Å². The fraction of sp³-hybridized carbons (Fsp3) is 0.579. The molecule has 0 atom stereocenters. The van der Waals surface area contributed by atoms with E-state index in [4.69, 9.17) is 5.73 Å². The van der Waals surface area contributed by atoms with Gasteiger partial charge in [0.05, 0.1) is 0 Å². The average molecular weight is 331 g/mol. The van der Waals surface area contributed by atoms with Gasteiger partial charge in [-0.15, -0.1) is 0 Å². The van der Waals surface area contributed by atoms with E-state index < -0.39 is 0 Å². The first kappa shape index (κ1) is 18.5. The van der Waals surface area contributed by atoms with Gasteiger partial charge in [0, 0.05) is 23.7 Å². The SMILES string of the molecule is CC(C)NC(=O)c1ccc(NC(=O)CC2(CN)CCCCC2)cc1. The van der Waals surface area contributed by atoms with Gasteiger partial charge in [0.15, 0.2) is 0 Å². The third-order valence-electron chi connectivity index (χ3n) is 4.73. The summed E-state index contributed by atoms with van der Waals surface area (Å²) in [6.45, 7) is 4.41. The van der Waals surface area contributed by atoms with Gasteiger partial charge in [-0.25, -0.2) is 0 Å². The monoisotopic (exact) mass is 331 g/mol. The van der Waals surface area contributed by atoms with E-state index in [9.17, 15) is 9.59 Å². The quantitative estimate of drug-likeness (QED) is 0.749. The van der Waals surface area contributed by atoms with E-state index in [1.807, 2.05) is 13.8 Å². The van der Waals surface area contributed by atoms with Crippen molar-refractivity contribution in [2.75, 3.05) is 11.9 Å². The van der Waals surface area contributed by atoms with Crippen LogP contribution in [0.1, 0.15) is 62.7 Å². The van der Waals surface area contributed by atoms with E-state index >= 15 is 0 Å². The van der Waals surface area contributed by atoms with Gasteiger partial charge in [-0.05, 0) is 62.9 Å². The lowest BCUT2D eigenvalue weighted by atomic mass is 9.71. The molecule has 1 fully saturated rings. The molecule has 2 rings (SSSR count). The summed E-state index contributed by atoms with van der Waals surface area (Å²) >= 11 is 0. The molecule has 0 bridgehead atoms. The van der Waals surface area contributed by atoms with Crippen LogP contribution in [-0.4, -0.2) is 24.4 Å². The standard InChI is InChI=1S/C19H29N3O2/c1-14(2)21-18(24)15-6-8-16(9-7-15)22-17(23)12-19(13-20)10-4-3-5-11-19/h6-9,14H,3-5,10-13,20H2,1-2H3,(H,21,24)(H,22,23). The van der Waals surface area contributed by atoms with Gasteiger partial charge < -0.3 is 16.4 Å². The van der Waals surface area contributed by atoms with Crippen molar-refractivity contribution in [1.82, 2.24) is 5.32 Å². The van der Waals surface area contributed by atoms with E-state index in [0.717, 1.165) is 25.7 Å². The second-order valence-corrected chi connectivity index (χ2v) is 7.20. The Labute approximate surface area is 144 Å². The Morgan fingerprint density at radius 2 is 1.75 bits per heavy atom. The lowest BCUT2D eigenvalue weighted by Crippen LogP contribution is -2.36. The van der Waals surface area contributed by atoms with Crippen molar-refractivity contribution in [1.29, 1.82) is 0 Å². The van der Waals surface area contributed by atoms with Crippen LogP contribution in [0.2, 0.25) is 0 Å². The number of carbonyl (C=O) groups excluding carboxylic acids is 2. The zero-order chi connectivity index (χ0) is 17.6. The molecule has 132 valence electrons. The molecule has 1 aliphatic rings. The number of amides is 2. The molecule has 0 heterocycles. The predicted molar refractivity (Wildman–Crippen MR) is 96.9 cm³/mol. The highest BCUT2D eigenvalue weighted by atomic mass is 16.2. The highest BCUT2D eigenvalue weighted by molar-refractivity contribution is 5.96. The lowest BCUT2D eigenvalue weighted by Gasteiger charge is -2.35. The minimum atomic E-state index is -0.104. The molecule has 5 heteroatoms. The van der Waals surface area contributed by atoms with Crippen molar-refractivity contribution in [3.05, 3.63) is 29.8 Å². The molecule has 1 saturated carbocycles. The Morgan fingerprint density at radius 3 is 2.29 bits per heavy atom. The Hall–Kier alpha value is -1.88. The van der Waals surface area contributed by atoms with Crippen molar-refractivity contribution in [2.45, 2.75) is 58.4 Å². The van der Waals surface area contributed by atoms with Crippen LogP contribution >= 0.6 is 0 Å². The van der Waals surface area contributed by atoms with Crippen molar-refractivity contribution < 1.29 is 9.59 Å². The van der Waals surface area contributed by atoms with E-state index in [2.05, 4.69) is 10.6 Å². The van der Waals surface area contributed by atoms with Crippen LogP contribution in [0, 0.1) is 5.41 Å². The molecule has 1 aromatic rings. The van der Waals surface area contributed by atoms with Gasteiger partial charge in [-0.3, -0.25) is 9.59 Å². The van der Waals surface area contributed by atoms with Crippen LogP contribution in [-0.2, 0) is 4.79 Å². The minimum absolute atomic E-state index is 0.00160. The molecule has 0 spiro atoms. The second-order valence-electron chi connectivity index (χ2n) is 7.20. The first-order valence-corrected chi connectivity index (χ1v) is 8.85. The number of hydrogen-bond acceptors (Lipinski definition) is 3. The van der Waals surface area contributed by atoms with Crippen LogP contribution in [0.5, 0.6) is 0 Å². The smallest absolute Gasteiger partial charge is 0.251 e. The van der Waals surface area contributed by atoms with Gasteiger partial charge in [0.1, 0.15) is 0 Å². The van der Waals surface area contributed by atoms with Gasteiger partial charge >= 0.3 is 0 Å². The number of rotatable bonds is 6. The normalized spacial score (nSPS) is 16.7. The third kappa shape index (κ3) is 5.06. The summed E-state index contributed by atoms with van der Waals surface area (Å²) in [5.41, 5.74) is 7.21. The predicted octanol–water partition coefficient (Wildman–Crippen LogP) is 3.06. The number of hydrogen-bond donors (Lipinski definition) is 3. The maximum absolute atomic E-state index is 12.4. The highest BCUT2D eigenvalue weighted by Gasteiger charge is 2.32. The zero-order valence-electron chi connectivity index (χ0n) is 14.7. The first-order chi connectivity index (χ1) is 11.4. The maximum atomic E-state index is 12.4. The van der Waals surface area contributed by atoms with E-state index in [-0.39, 0.29) is 23.3 Å². The summed E-state index contributed by atoms with van der Waals surface area (Å²) in [4.78, 5) is 24.3. The average Bonchev–Trinajstić information content (AvgIpc) is 2.55. The summed E-state index contributed by atoms with van der Waals surface area (Å²) in [6.07, 6.45) is 6.09. The van der Waals surface area contributed by atoms with Crippen LogP contribution in [0.25, 0.3) is 0 Å². The van der Waals surface area contributed by atoms with Gasteiger partial charge in [-0.1, -0.05) is 19.3 Å². The summed E-state index contributed by atoms with van der Waals surface area (Å²) < 4.78 is 0. The number of anilines is 1. The zero-order valence-corrected chi connectivity index (χ0v) is 14.7. The maximum Gasteiger partial charge on any atom is 0.251 e. The Morgan fingerprint density at radius 1 is 1.12 bits per heavy atom. The molecule has 0 radical (unpaired) electrons. The molecule has 1 aromatic carbocycles. The first-order valence-electron chi connectivity index (χ1n) is 8.85. The van der Waals surface area contributed by atoms with Crippen LogP contribution in [0.15, 0.2) is 24.3 Å². The van der Waals surface area contributed by atoms with E-state index in [1.54, 1.807) is 24.3 Å². The van der Waals surface area contributed by atoms with Crippen LogP contribution < -0.4 is 16.4 Å². The fourth-order valence-corrected chi connectivity index (χ4v) is 3.35. The van der Waals surface area contributed by atoms with Crippen molar-refractivity contribution in [3.8, 4) is 0 Å². The summed E-state index contributed by atoms with van der Waals surface area (Å²) in [6, 6.07) is 7.09. The van der Waals surface area contributed by atoms with E-state index in [0.29, 0.717) is 24.2 Å². The Kier molecular flexibility index (Phi) is 6.37. The highest BCUT2D eigenvalue weighted by Crippen LogP contribution is 2.38. The van der Waals surface area contributed by atoms with Crippen molar-refractivity contribution in [2.24, 2.45) is 11.1 Å². The largest absolute Gasteiger partial charge is 0.350 e. The van der Waals surface area contributed by atoms with Gasteiger partial charge in [0.25, 0.3) is 5.91 Å². The number of nitrogens with one attached hydrogen (secondary N) is 2. The van der Waals surface area contributed by atoms with E-state index in [1.165, 1.54) is 6.42 Å². The molecule has 4 N–H and O–H groups in total. The molecular formula is C19H29N3O2. The number of carbonyl (C=O) groups is 2. The van der Waals surface area contributed by atoms with Crippen molar-refractivity contribution in [3.63, 3.8) is 0 Å². The van der Waals surface area contributed by atoms with Crippen LogP contribution in [0.4, 0.5) is 5.69 Å². The molecule has 24 heavy (non-hydrogen) atoms. The molecule has 0 aromatic heterocycles. The molecular weight excluding hydrogens is 302 g/mol. The van der Waals surface area contributed by atoms with Gasteiger partial charge in [-0.2, -0.15) is 0 Å².